The lowest BCUT2D eigenvalue weighted by Gasteiger charge is -2.36. The van der Waals surface area contributed by atoms with E-state index in [4.69, 9.17) is 17.0 Å². The van der Waals surface area contributed by atoms with E-state index in [9.17, 15) is 4.39 Å². The fraction of sp³-hybridized carbons (Fsp3) is 0.300. The van der Waals surface area contributed by atoms with Gasteiger partial charge in [-0.15, -0.1) is 0 Å². The van der Waals surface area contributed by atoms with Gasteiger partial charge in [0, 0.05) is 4.47 Å². The number of hydrogen-bond donors (Lipinski definition) is 1. The van der Waals surface area contributed by atoms with Crippen LogP contribution in [0.3, 0.4) is 0 Å². The molecular formula is C20H19BrFN3OS. The molecule has 2 aliphatic rings. The fourth-order valence-corrected chi connectivity index (χ4v) is 4.39. The third-order valence-corrected chi connectivity index (χ3v) is 5.77. The van der Waals surface area contributed by atoms with Gasteiger partial charge in [0.25, 0.3) is 0 Å². The van der Waals surface area contributed by atoms with Gasteiger partial charge in [0.2, 0.25) is 0 Å². The summed E-state index contributed by atoms with van der Waals surface area (Å²) in [5, 5.41) is 3.92. The molecule has 27 heavy (non-hydrogen) atoms. The highest BCUT2D eigenvalue weighted by molar-refractivity contribution is 9.10. The fourth-order valence-electron chi connectivity index (χ4n) is 3.68. The minimum atomic E-state index is -1.41. The van der Waals surface area contributed by atoms with Crippen molar-refractivity contribution in [3.05, 3.63) is 64.1 Å². The minimum absolute atomic E-state index is 0.106. The topological polar surface area (TPSA) is 36.9 Å². The van der Waals surface area contributed by atoms with E-state index in [0.717, 1.165) is 27.2 Å². The van der Waals surface area contributed by atoms with E-state index < -0.39 is 11.2 Å². The molecule has 2 aromatic carbocycles. The zero-order valence-corrected chi connectivity index (χ0v) is 17.4. The maximum atomic E-state index is 14.6. The Labute approximate surface area is 171 Å². The molecule has 1 saturated heterocycles. The first-order valence-electron chi connectivity index (χ1n) is 8.60. The van der Waals surface area contributed by atoms with E-state index in [1.165, 1.54) is 0 Å². The molecule has 1 fully saturated rings. The predicted octanol–water partition coefficient (Wildman–Crippen LogP) is 4.03. The quantitative estimate of drug-likeness (QED) is 0.720. The lowest BCUT2D eigenvalue weighted by Crippen LogP contribution is -2.51. The van der Waals surface area contributed by atoms with Crippen molar-refractivity contribution in [1.29, 1.82) is 0 Å². The molecule has 1 N–H and O–H groups in total. The Morgan fingerprint density at radius 3 is 2.63 bits per heavy atom. The molecule has 2 aliphatic heterocycles. The molecule has 7 heteroatoms. The van der Waals surface area contributed by atoms with Crippen LogP contribution in [0.25, 0.3) is 0 Å². The normalized spacial score (nSPS) is 27.0. The van der Waals surface area contributed by atoms with E-state index in [1.807, 2.05) is 48.5 Å². The number of ether oxygens (including phenoxy) is 1. The Morgan fingerprint density at radius 2 is 1.96 bits per heavy atom. The van der Waals surface area contributed by atoms with Crippen LogP contribution in [0.5, 0.6) is 5.75 Å². The highest BCUT2D eigenvalue weighted by Crippen LogP contribution is 2.40. The van der Waals surface area contributed by atoms with Crippen molar-refractivity contribution in [2.75, 3.05) is 20.2 Å². The summed E-state index contributed by atoms with van der Waals surface area (Å²) in [7, 11) is 1.64. The molecule has 0 amide bonds. The second-order valence-corrected chi connectivity index (χ2v) is 8.36. The molecule has 4 rings (SSSR count). The first-order chi connectivity index (χ1) is 12.9. The van der Waals surface area contributed by atoms with Gasteiger partial charge in [-0.1, -0.05) is 40.2 Å². The number of nitrogens with one attached hydrogen (secondary N) is 1. The molecular weight excluding hydrogens is 429 g/mol. The number of hydrogen-bond acceptors (Lipinski definition) is 3. The largest absolute Gasteiger partial charge is 0.497 e. The van der Waals surface area contributed by atoms with E-state index in [1.54, 1.807) is 18.9 Å². The third kappa shape index (κ3) is 3.02. The average molecular weight is 448 g/mol. The van der Waals surface area contributed by atoms with Crippen molar-refractivity contribution < 1.29 is 9.13 Å². The van der Waals surface area contributed by atoms with Crippen LogP contribution in [0.1, 0.15) is 18.1 Å². The zero-order valence-electron chi connectivity index (χ0n) is 15.0. The number of thiocarbonyl (C=S) groups is 1. The van der Waals surface area contributed by atoms with E-state index in [0.29, 0.717) is 5.11 Å². The Morgan fingerprint density at radius 1 is 1.22 bits per heavy atom. The third-order valence-electron chi connectivity index (χ3n) is 4.96. The number of amidine groups is 1. The summed E-state index contributed by atoms with van der Waals surface area (Å²) in [4.78, 5) is 6.43. The van der Waals surface area contributed by atoms with Crippen LogP contribution >= 0.6 is 28.1 Å². The van der Waals surface area contributed by atoms with Crippen LogP contribution in [-0.4, -0.2) is 41.7 Å². The highest BCUT2D eigenvalue weighted by atomic mass is 79.9. The van der Waals surface area contributed by atoms with Crippen molar-refractivity contribution >= 4 is 39.1 Å². The van der Waals surface area contributed by atoms with Gasteiger partial charge in [0.15, 0.2) is 5.11 Å². The zero-order chi connectivity index (χ0) is 19.2. The van der Waals surface area contributed by atoms with Crippen molar-refractivity contribution in [3.63, 3.8) is 0 Å². The van der Waals surface area contributed by atoms with E-state index in [2.05, 4.69) is 26.2 Å². The maximum absolute atomic E-state index is 14.6. The molecule has 4 nitrogen and oxygen atoms in total. The molecule has 0 aliphatic carbocycles. The van der Waals surface area contributed by atoms with Crippen molar-refractivity contribution in [2.24, 2.45) is 4.99 Å². The average Bonchev–Trinajstić information content (AvgIpc) is 2.94. The summed E-state index contributed by atoms with van der Waals surface area (Å²) < 4.78 is 20.9. The number of methoxy groups -OCH3 is 1. The molecule has 2 unspecified atom stereocenters. The number of rotatable bonds is 3. The molecule has 0 radical (unpaired) electrons. The van der Waals surface area contributed by atoms with Crippen LogP contribution in [-0.2, 0) is 5.54 Å². The molecule has 0 saturated carbocycles. The molecule has 2 atom stereocenters. The molecule has 0 aromatic heterocycles. The second kappa shape index (κ2) is 6.56. The lowest BCUT2D eigenvalue weighted by atomic mass is 9.81. The van der Waals surface area contributed by atoms with Gasteiger partial charge in [0.1, 0.15) is 22.8 Å². The van der Waals surface area contributed by atoms with Crippen LogP contribution in [0, 0.1) is 0 Å². The number of aliphatic imine (C=N–C) groups is 1. The Bertz CT molecular complexity index is 931. The van der Waals surface area contributed by atoms with Gasteiger partial charge in [0.05, 0.1) is 20.2 Å². The molecule has 2 heterocycles. The van der Waals surface area contributed by atoms with Gasteiger partial charge in [-0.25, -0.2) is 4.39 Å². The number of fused-ring (bicyclic) bond motifs is 1. The number of halogens is 2. The molecule has 0 spiro atoms. The predicted molar refractivity (Wildman–Crippen MR) is 112 cm³/mol. The molecule has 2 aromatic rings. The molecule has 140 valence electrons. The summed E-state index contributed by atoms with van der Waals surface area (Å²) in [6.45, 7) is 1.85. The Balaban J connectivity index is 1.94. The van der Waals surface area contributed by atoms with Crippen molar-refractivity contribution in [3.8, 4) is 5.75 Å². The van der Waals surface area contributed by atoms with E-state index >= 15 is 0 Å². The van der Waals surface area contributed by atoms with Gasteiger partial charge in [-0.3, -0.25) is 4.99 Å². The number of benzene rings is 2. The summed E-state index contributed by atoms with van der Waals surface area (Å²) in [5.41, 5.74) is -0.243. The molecule has 0 bridgehead atoms. The van der Waals surface area contributed by atoms with Crippen LogP contribution in [0.4, 0.5) is 4.39 Å². The number of nitrogens with zero attached hydrogens (tertiary/aromatic N) is 2. The van der Waals surface area contributed by atoms with Crippen molar-refractivity contribution in [1.82, 2.24) is 10.2 Å². The van der Waals surface area contributed by atoms with Crippen LogP contribution < -0.4 is 10.1 Å². The SMILES string of the molecule is COc1ccc(C2(c3cccc(Br)c3)NC(=S)N3CC(C)(F)CN=C32)cc1. The summed E-state index contributed by atoms with van der Waals surface area (Å²) in [5.74, 6) is 1.49. The Hall–Kier alpha value is -1.99. The lowest BCUT2D eigenvalue weighted by molar-refractivity contribution is 0.167. The monoisotopic (exact) mass is 447 g/mol. The standard InChI is InChI=1S/C20H19BrFN3OS/c1-19(22)11-23-17-20(24-18(27)25(17)12-19,14-4-3-5-15(21)10-14)13-6-8-16(26-2)9-7-13/h3-10H,11-12H2,1-2H3,(H,24,27). The maximum Gasteiger partial charge on any atom is 0.175 e. The first kappa shape index (κ1) is 18.4. The smallest absolute Gasteiger partial charge is 0.175 e. The van der Waals surface area contributed by atoms with Gasteiger partial charge in [-0.2, -0.15) is 0 Å². The number of alkyl halides is 1. The van der Waals surface area contributed by atoms with E-state index in [-0.39, 0.29) is 13.1 Å². The van der Waals surface area contributed by atoms with Gasteiger partial charge >= 0.3 is 0 Å². The minimum Gasteiger partial charge on any atom is -0.497 e. The summed E-state index contributed by atoms with van der Waals surface area (Å²) in [6.07, 6.45) is 0. The second-order valence-electron chi connectivity index (χ2n) is 7.06. The first-order valence-corrected chi connectivity index (χ1v) is 9.80. The van der Waals surface area contributed by atoms with Crippen molar-refractivity contribution in [2.45, 2.75) is 18.1 Å². The summed E-state index contributed by atoms with van der Waals surface area (Å²) >= 11 is 9.14. The summed E-state index contributed by atoms with van der Waals surface area (Å²) in [6, 6.07) is 15.8. The Kier molecular flexibility index (Phi) is 4.47. The van der Waals surface area contributed by atoms with Gasteiger partial charge in [-0.05, 0) is 54.5 Å². The van der Waals surface area contributed by atoms with Crippen LogP contribution in [0.2, 0.25) is 0 Å². The van der Waals surface area contributed by atoms with Gasteiger partial charge < -0.3 is 15.0 Å². The van der Waals surface area contributed by atoms with Crippen LogP contribution in [0.15, 0.2) is 58.0 Å². The highest BCUT2D eigenvalue weighted by Gasteiger charge is 2.53.